The number of carbonyl (C=O) groups excluding carboxylic acids is 2. The van der Waals surface area contributed by atoms with Crippen LogP contribution in [0.25, 0.3) is 12.2 Å². The first-order chi connectivity index (χ1) is 15.7. The first-order valence-electron chi connectivity index (χ1n) is 9.51. The van der Waals surface area contributed by atoms with Gasteiger partial charge in [-0.15, -0.1) is 0 Å². The molecule has 3 rings (SSSR count). The van der Waals surface area contributed by atoms with E-state index in [1.807, 2.05) is 0 Å². The lowest BCUT2D eigenvalue weighted by Crippen LogP contribution is -2.06. The van der Waals surface area contributed by atoms with Crippen LogP contribution >= 0.6 is 46.4 Å². The second kappa shape index (κ2) is 11.4. The van der Waals surface area contributed by atoms with Gasteiger partial charge in [0.05, 0.1) is 0 Å². The molecule has 0 saturated heterocycles. The van der Waals surface area contributed by atoms with E-state index in [-0.39, 0.29) is 11.5 Å². The fourth-order valence-corrected chi connectivity index (χ4v) is 3.66. The summed E-state index contributed by atoms with van der Waals surface area (Å²) >= 11 is 23.9. The highest BCUT2D eigenvalue weighted by molar-refractivity contribution is 6.36. The number of rotatable bonds is 6. The van der Waals surface area contributed by atoms with Gasteiger partial charge in [0.1, 0.15) is 11.5 Å². The molecule has 4 nitrogen and oxygen atoms in total. The average molecular weight is 522 g/mol. The van der Waals surface area contributed by atoms with Gasteiger partial charge in [0.2, 0.25) is 0 Å². The summed E-state index contributed by atoms with van der Waals surface area (Å²) in [4.78, 5) is 24.4. The van der Waals surface area contributed by atoms with Crippen molar-refractivity contribution in [2.75, 3.05) is 0 Å². The monoisotopic (exact) mass is 520 g/mol. The lowest BCUT2D eigenvalue weighted by molar-refractivity contribution is -0.129. The summed E-state index contributed by atoms with van der Waals surface area (Å²) < 4.78 is 10.6. The third kappa shape index (κ3) is 7.65. The number of benzene rings is 3. The number of esters is 2. The van der Waals surface area contributed by atoms with Gasteiger partial charge in [-0.05, 0) is 72.2 Å². The minimum Gasteiger partial charge on any atom is -0.423 e. The van der Waals surface area contributed by atoms with Crippen LogP contribution in [0.3, 0.4) is 0 Å². The van der Waals surface area contributed by atoms with Crippen LogP contribution in [0.15, 0.2) is 66.7 Å². The van der Waals surface area contributed by atoms with Crippen molar-refractivity contribution in [2.24, 2.45) is 0 Å². The second-order valence-electron chi connectivity index (χ2n) is 6.82. The van der Waals surface area contributed by atoms with Crippen LogP contribution < -0.4 is 9.47 Å². The van der Waals surface area contributed by atoms with Gasteiger partial charge in [-0.25, -0.2) is 9.59 Å². The van der Waals surface area contributed by atoms with Crippen LogP contribution in [0.1, 0.15) is 16.7 Å². The molecule has 8 heteroatoms. The summed E-state index contributed by atoms with van der Waals surface area (Å²) in [5, 5.41) is 1.80. The number of halogens is 4. The van der Waals surface area contributed by atoms with E-state index in [1.54, 1.807) is 55.5 Å². The molecular formula is C25H16Cl4O4. The quantitative estimate of drug-likeness (QED) is 0.188. The minimum atomic E-state index is -0.624. The van der Waals surface area contributed by atoms with Gasteiger partial charge < -0.3 is 9.47 Å². The lowest BCUT2D eigenvalue weighted by atomic mass is 10.2. The maximum absolute atomic E-state index is 12.2. The molecule has 168 valence electrons. The molecule has 3 aromatic rings. The summed E-state index contributed by atoms with van der Waals surface area (Å²) in [5.41, 5.74) is 1.96. The summed E-state index contributed by atoms with van der Waals surface area (Å²) in [6, 6.07) is 14.6. The van der Waals surface area contributed by atoms with Crippen molar-refractivity contribution < 1.29 is 19.1 Å². The molecule has 0 saturated carbocycles. The third-order valence-corrected chi connectivity index (χ3v) is 5.31. The van der Waals surface area contributed by atoms with E-state index >= 15 is 0 Å². The predicted molar refractivity (Wildman–Crippen MR) is 133 cm³/mol. The molecule has 0 amide bonds. The van der Waals surface area contributed by atoms with Crippen LogP contribution in [0, 0.1) is 6.92 Å². The summed E-state index contributed by atoms with van der Waals surface area (Å²) in [6.07, 6.45) is 5.51. The Kier molecular flexibility index (Phi) is 8.59. The molecule has 0 bridgehead atoms. The average Bonchev–Trinajstić information content (AvgIpc) is 2.72. The molecule has 0 spiro atoms. The zero-order valence-corrected chi connectivity index (χ0v) is 20.2. The Labute approximate surface area is 210 Å². The molecule has 0 radical (unpaired) electrons. The van der Waals surface area contributed by atoms with Crippen LogP contribution in [0.4, 0.5) is 0 Å². The highest BCUT2D eigenvalue weighted by Crippen LogP contribution is 2.25. The molecule has 0 fully saturated rings. The predicted octanol–water partition coefficient (Wildman–Crippen LogP) is 7.85. The van der Waals surface area contributed by atoms with Crippen molar-refractivity contribution in [3.05, 3.63) is 104 Å². The Bertz CT molecular complexity index is 1170. The van der Waals surface area contributed by atoms with E-state index in [0.29, 0.717) is 31.2 Å². The molecule has 0 aliphatic carbocycles. The van der Waals surface area contributed by atoms with Gasteiger partial charge >= 0.3 is 11.9 Å². The number of aryl methyl sites for hydroxylation is 1. The topological polar surface area (TPSA) is 52.6 Å². The van der Waals surface area contributed by atoms with Gasteiger partial charge in [0.15, 0.2) is 0 Å². The number of ether oxygens (including phenoxy) is 2. The van der Waals surface area contributed by atoms with Gasteiger partial charge in [0, 0.05) is 38.3 Å². The summed E-state index contributed by atoms with van der Waals surface area (Å²) in [7, 11) is 0. The molecule has 0 N–H and O–H groups in total. The standard InChI is InChI=1S/C25H16Cl4O4/c1-15-10-20(32-24(30)8-4-16-2-6-18(26)12-22(16)28)14-21(11-15)33-25(31)9-5-17-3-7-19(27)13-23(17)29/h2-14H,1H3/b8-4+,9-5+. The normalized spacial score (nSPS) is 11.2. The Morgan fingerprint density at radius 1 is 0.667 bits per heavy atom. The van der Waals surface area contributed by atoms with E-state index in [1.165, 1.54) is 30.4 Å². The van der Waals surface area contributed by atoms with E-state index < -0.39 is 11.9 Å². The van der Waals surface area contributed by atoms with E-state index in [4.69, 9.17) is 55.9 Å². The lowest BCUT2D eigenvalue weighted by Gasteiger charge is -2.07. The summed E-state index contributed by atoms with van der Waals surface area (Å²) in [5.74, 6) is -0.805. The Morgan fingerprint density at radius 2 is 1.09 bits per heavy atom. The van der Waals surface area contributed by atoms with Crippen LogP contribution in [0.2, 0.25) is 20.1 Å². The molecule has 0 heterocycles. The molecule has 33 heavy (non-hydrogen) atoms. The maximum atomic E-state index is 12.2. The first kappa shape index (κ1) is 24.9. The number of hydrogen-bond donors (Lipinski definition) is 0. The molecular weight excluding hydrogens is 506 g/mol. The Balaban J connectivity index is 1.66. The van der Waals surface area contributed by atoms with Crippen molar-refractivity contribution in [3.63, 3.8) is 0 Å². The zero-order chi connectivity index (χ0) is 24.0. The third-order valence-electron chi connectivity index (χ3n) is 4.18. The molecule has 0 aliphatic heterocycles. The smallest absolute Gasteiger partial charge is 0.336 e. The van der Waals surface area contributed by atoms with Crippen LogP contribution in [-0.2, 0) is 9.59 Å². The maximum Gasteiger partial charge on any atom is 0.336 e. The van der Waals surface area contributed by atoms with Crippen LogP contribution in [-0.4, -0.2) is 11.9 Å². The molecule has 3 aromatic carbocycles. The van der Waals surface area contributed by atoms with Gasteiger partial charge in [-0.3, -0.25) is 0 Å². The van der Waals surface area contributed by atoms with Gasteiger partial charge in [-0.2, -0.15) is 0 Å². The van der Waals surface area contributed by atoms with Crippen LogP contribution in [0.5, 0.6) is 11.5 Å². The first-order valence-corrected chi connectivity index (χ1v) is 11.0. The van der Waals surface area contributed by atoms with Gasteiger partial charge in [-0.1, -0.05) is 58.5 Å². The van der Waals surface area contributed by atoms with E-state index in [9.17, 15) is 9.59 Å². The largest absolute Gasteiger partial charge is 0.423 e. The minimum absolute atomic E-state index is 0.222. The fourth-order valence-electron chi connectivity index (χ4n) is 2.72. The van der Waals surface area contributed by atoms with Crippen molar-refractivity contribution >= 4 is 70.5 Å². The summed E-state index contributed by atoms with van der Waals surface area (Å²) in [6.45, 7) is 1.78. The molecule has 0 aromatic heterocycles. The van der Waals surface area contributed by atoms with Crippen molar-refractivity contribution in [2.45, 2.75) is 6.92 Å². The highest BCUT2D eigenvalue weighted by atomic mass is 35.5. The van der Waals surface area contributed by atoms with Crippen molar-refractivity contribution in [1.29, 1.82) is 0 Å². The fraction of sp³-hybridized carbons (Fsp3) is 0.0400. The van der Waals surface area contributed by atoms with Crippen molar-refractivity contribution in [3.8, 4) is 11.5 Å². The van der Waals surface area contributed by atoms with Crippen molar-refractivity contribution in [1.82, 2.24) is 0 Å². The molecule has 0 atom stereocenters. The van der Waals surface area contributed by atoms with E-state index in [0.717, 1.165) is 5.56 Å². The molecule has 0 unspecified atom stereocenters. The second-order valence-corrected chi connectivity index (χ2v) is 8.51. The zero-order valence-electron chi connectivity index (χ0n) is 17.2. The Morgan fingerprint density at radius 3 is 1.48 bits per heavy atom. The number of hydrogen-bond acceptors (Lipinski definition) is 4. The Hall–Kier alpha value is -2.76. The SMILES string of the molecule is Cc1cc(OC(=O)/C=C/c2ccc(Cl)cc2Cl)cc(OC(=O)/C=C/c2ccc(Cl)cc2Cl)c1. The molecule has 0 aliphatic rings. The van der Waals surface area contributed by atoms with E-state index in [2.05, 4.69) is 0 Å². The number of carbonyl (C=O) groups is 2. The van der Waals surface area contributed by atoms with Gasteiger partial charge in [0.25, 0.3) is 0 Å². The highest BCUT2D eigenvalue weighted by Gasteiger charge is 2.08.